The number of ether oxygens (including phenoxy) is 1. The highest BCUT2D eigenvalue weighted by atomic mass is 16.5. The third-order valence-electron chi connectivity index (χ3n) is 3.04. The first-order valence-corrected chi connectivity index (χ1v) is 6.96. The second-order valence-electron chi connectivity index (χ2n) is 4.90. The SMILES string of the molecule is CCCCCCC(CC(C)COC)NCC. The van der Waals surface area contributed by atoms with Crippen molar-refractivity contribution >= 4 is 0 Å². The highest BCUT2D eigenvalue weighted by molar-refractivity contribution is 4.69. The van der Waals surface area contributed by atoms with Crippen molar-refractivity contribution in [2.75, 3.05) is 20.3 Å². The zero-order valence-corrected chi connectivity index (χ0v) is 11.7. The van der Waals surface area contributed by atoms with Crippen LogP contribution in [0.5, 0.6) is 0 Å². The Morgan fingerprint density at radius 2 is 1.88 bits per heavy atom. The van der Waals surface area contributed by atoms with Crippen LogP contribution in [0.15, 0.2) is 0 Å². The quantitative estimate of drug-likeness (QED) is 0.547. The molecule has 0 saturated heterocycles. The molecule has 0 radical (unpaired) electrons. The molecule has 16 heavy (non-hydrogen) atoms. The van der Waals surface area contributed by atoms with Gasteiger partial charge in [0.2, 0.25) is 0 Å². The minimum atomic E-state index is 0.667. The molecule has 0 spiro atoms. The molecule has 0 rings (SSSR count). The van der Waals surface area contributed by atoms with Gasteiger partial charge in [-0.1, -0.05) is 46.5 Å². The molecule has 98 valence electrons. The van der Waals surface area contributed by atoms with E-state index in [1.165, 1.54) is 38.5 Å². The molecule has 0 amide bonds. The summed E-state index contributed by atoms with van der Waals surface area (Å²) < 4.78 is 5.20. The molecule has 0 aliphatic rings. The van der Waals surface area contributed by atoms with Crippen LogP contribution < -0.4 is 5.32 Å². The van der Waals surface area contributed by atoms with E-state index in [0.717, 1.165) is 13.2 Å². The fraction of sp³-hybridized carbons (Fsp3) is 1.00. The number of rotatable bonds is 11. The molecule has 1 N–H and O–H groups in total. The van der Waals surface area contributed by atoms with Crippen LogP contribution in [0.3, 0.4) is 0 Å². The second-order valence-corrected chi connectivity index (χ2v) is 4.90. The van der Waals surface area contributed by atoms with Crippen molar-refractivity contribution in [3.05, 3.63) is 0 Å². The predicted molar refractivity (Wildman–Crippen MR) is 71.9 cm³/mol. The molecule has 2 atom stereocenters. The molecule has 2 nitrogen and oxygen atoms in total. The molecular formula is C14H31NO. The number of hydrogen-bond acceptors (Lipinski definition) is 2. The van der Waals surface area contributed by atoms with Crippen molar-refractivity contribution in [3.8, 4) is 0 Å². The Balaban J connectivity index is 3.68. The first kappa shape index (κ1) is 15.9. The minimum absolute atomic E-state index is 0.667. The molecule has 0 aliphatic carbocycles. The fourth-order valence-electron chi connectivity index (χ4n) is 2.25. The van der Waals surface area contributed by atoms with Crippen LogP contribution >= 0.6 is 0 Å². The molecule has 0 saturated carbocycles. The Morgan fingerprint density at radius 1 is 1.12 bits per heavy atom. The molecule has 0 aromatic heterocycles. The Kier molecular flexibility index (Phi) is 11.3. The summed E-state index contributed by atoms with van der Waals surface area (Å²) in [6.45, 7) is 8.71. The smallest absolute Gasteiger partial charge is 0.0488 e. The van der Waals surface area contributed by atoms with Crippen LogP contribution in [0, 0.1) is 5.92 Å². The Hall–Kier alpha value is -0.0800. The lowest BCUT2D eigenvalue weighted by Crippen LogP contribution is -2.31. The topological polar surface area (TPSA) is 21.3 Å². The summed E-state index contributed by atoms with van der Waals surface area (Å²) in [4.78, 5) is 0. The van der Waals surface area contributed by atoms with Crippen LogP contribution in [-0.2, 0) is 4.74 Å². The van der Waals surface area contributed by atoms with E-state index in [-0.39, 0.29) is 0 Å². The molecule has 0 aromatic rings. The van der Waals surface area contributed by atoms with Gasteiger partial charge in [0.25, 0.3) is 0 Å². The fourth-order valence-corrected chi connectivity index (χ4v) is 2.25. The summed E-state index contributed by atoms with van der Waals surface area (Å²) in [5.74, 6) is 0.667. The predicted octanol–water partition coefficient (Wildman–Crippen LogP) is 3.61. The zero-order valence-electron chi connectivity index (χ0n) is 11.7. The standard InChI is InChI=1S/C14H31NO/c1-5-7-8-9-10-14(15-6-2)11-13(3)12-16-4/h13-15H,5-12H2,1-4H3. The van der Waals surface area contributed by atoms with E-state index in [1.807, 2.05) is 0 Å². The summed E-state index contributed by atoms with van der Waals surface area (Å²) in [5.41, 5.74) is 0. The van der Waals surface area contributed by atoms with E-state index in [2.05, 4.69) is 26.1 Å². The molecule has 0 aliphatic heterocycles. The first-order chi connectivity index (χ1) is 7.74. The van der Waals surface area contributed by atoms with Gasteiger partial charge in [-0.05, 0) is 25.3 Å². The van der Waals surface area contributed by atoms with Gasteiger partial charge in [0.1, 0.15) is 0 Å². The average molecular weight is 229 g/mol. The van der Waals surface area contributed by atoms with Gasteiger partial charge in [-0.25, -0.2) is 0 Å². The minimum Gasteiger partial charge on any atom is -0.384 e. The Labute approximate surface area is 102 Å². The summed E-state index contributed by atoms with van der Waals surface area (Å²) >= 11 is 0. The van der Waals surface area contributed by atoms with Crippen molar-refractivity contribution in [1.82, 2.24) is 5.32 Å². The van der Waals surface area contributed by atoms with E-state index in [1.54, 1.807) is 7.11 Å². The van der Waals surface area contributed by atoms with Crippen LogP contribution in [-0.4, -0.2) is 26.3 Å². The summed E-state index contributed by atoms with van der Waals surface area (Å²) in [5, 5.41) is 3.59. The van der Waals surface area contributed by atoms with Crippen LogP contribution in [0.4, 0.5) is 0 Å². The maximum absolute atomic E-state index is 5.20. The van der Waals surface area contributed by atoms with Gasteiger partial charge in [-0.2, -0.15) is 0 Å². The van der Waals surface area contributed by atoms with Crippen molar-refractivity contribution in [2.45, 2.75) is 65.3 Å². The van der Waals surface area contributed by atoms with Crippen LogP contribution in [0.25, 0.3) is 0 Å². The van der Waals surface area contributed by atoms with Gasteiger partial charge in [0.05, 0.1) is 0 Å². The van der Waals surface area contributed by atoms with Crippen LogP contribution in [0.2, 0.25) is 0 Å². The molecule has 0 bridgehead atoms. The molecule has 2 unspecified atom stereocenters. The lowest BCUT2D eigenvalue weighted by molar-refractivity contribution is 0.148. The van der Waals surface area contributed by atoms with Gasteiger partial charge >= 0.3 is 0 Å². The van der Waals surface area contributed by atoms with E-state index in [4.69, 9.17) is 4.74 Å². The molecule has 0 aromatic carbocycles. The second kappa shape index (κ2) is 11.4. The van der Waals surface area contributed by atoms with Crippen LogP contribution in [0.1, 0.15) is 59.3 Å². The number of unbranched alkanes of at least 4 members (excludes halogenated alkanes) is 3. The summed E-state index contributed by atoms with van der Waals surface area (Å²) in [6.07, 6.45) is 8.02. The van der Waals surface area contributed by atoms with Crippen molar-refractivity contribution in [1.29, 1.82) is 0 Å². The first-order valence-electron chi connectivity index (χ1n) is 6.96. The lowest BCUT2D eigenvalue weighted by atomic mass is 9.97. The molecular weight excluding hydrogens is 198 g/mol. The van der Waals surface area contributed by atoms with E-state index in [0.29, 0.717) is 12.0 Å². The maximum atomic E-state index is 5.20. The highest BCUT2D eigenvalue weighted by Gasteiger charge is 2.11. The highest BCUT2D eigenvalue weighted by Crippen LogP contribution is 2.13. The van der Waals surface area contributed by atoms with E-state index in [9.17, 15) is 0 Å². The zero-order chi connectivity index (χ0) is 12.2. The number of hydrogen-bond donors (Lipinski definition) is 1. The lowest BCUT2D eigenvalue weighted by Gasteiger charge is -2.21. The van der Waals surface area contributed by atoms with Gasteiger partial charge in [0.15, 0.2) is 0 Å². The normalized spacial score (nSPS) is 15.0. The third-order valence-corrected chi connectivity index (χ3v) is 3.04. The Bertz CT molecular complexity index is 139. The van der Waals surface area contributed by atoms with E-state index < -0.39 is 0 Å². The average Bonchev–Trinajstić information content (AvgIpc) is 2.25. The monoisotopic (exact) mass is 229 g/mol. The van der Waals surface area contributed by atoms with Crippen molar-refractivity contribution in [3.63, 3.8) is 0 Å². The van der Waals surface area contributed by atoms with Crippen molar-refractivity contribution < 1.29 is 4.74 Å². The van der Waals surface area contributed by atoms with Gasteiger partial charge < -0.3 is 10.1 Å². The number of nitrogens with one attached hydrogen (secondary N) is 1. The molecule has 0 fully saturated rings. The summed E-state index contributed by atoms with van der Waals surface area (Å²) in [7, 11) is 1.79. The molecule has 2 heteroatoms. The van der Waals surface area contributed by atoms with Crippen molar-refractivity contribution in [2.24, 2.45) is 5.92 Å². The maximum Gasteiger partial charge on any atom is 0.0488 e. The van der Waals surface area contributed by atoms with Gasteiger partial charge in [0, 0.05) is 19.8 Å². The van der Waals surface area contributed by atoms with E-state index >= 15 is 0 Å². The third kappa shape index (κ3) is 9.17. The molecule has 0 heterocycles. The van der Waals surface area contributed by atoms with Gasteiger partial charge in [-0.3, -0.25) is 0 Å². The number of methoxy groups -OCH3 is 1. The van der Waals surface area contributed by atoms with Gasteiger partial charge in [-0.15, -0.1) is 0 Å². The largest absolute Gasteiger partial charge is 0.384 e. The summed E-state index contributed by atoms with van der Waals surface area (Å²) in [6, 6.07) is 0.687. The Morgan fingerprint density at radius 3 is 2.44 bits per heavy atom.